The lowest BCUT2D eigenvalue weighted by Crippen LogP contribution is -2.12. The molecule has 0 spiro atoms. The van der Waals surface area contributed by atoms with Crippen molar-refractivity contribution in [2.75, 3.05) is 0 Å². The molecule has 14 aromatic rings. The fourth-order valence-electron chi connectivity index (χ4n) is 10.2. The van der Waals surface area contributed by atoms with Crippen molar-refractivity contribution in [2.45, 2.75) is 0 Å². The van der Waals surface area contributed by atoms with Gasteiger partial charge in [0.05, 0.1) is 22.1 Å². The maximum absolute atomic E-state index is 14.4. The molecule has 0 aliphatic rings. The number of benzene rings is 9. The smallest absolute Gasteiger partial charge is 0.263 e. The van der Waals surface area contributed by atoms with Gasteiger partial charge in [-0.3, -0.25) is 9.20 Å². The highest BCUT2D eigenvalue weighted by Crippen LogP contribution is 2.43. The lowest BCUT2D eigenvalue weighted by atomic mass is 9.97. The first-order valence-electron chi connectivity index (χ1n) is 20.3. The van der Waals surface area contributed by atoms with Gasteiger partial charge in [0.1, 0.15) is 22.3 Å². The summed E-state index contributed by atoms with van der Waals surface area (Å²) in [6.07, 6.45) is 0. The van der Waals surface area contributed by atoms with Gasteiger partial charge in [-0.05, 0) is 100 Å². The van der Waals surface area contributed by atoms with Crippen LogP contribution in [0.25, 0.3) is 132 Å². The van der Waals surface area contributed by atoms with Gasteiger partial charge in [0.2, 0.25) is 0 Å². The van der Waals surface area contributed by atoms with Crippen molar-refractivity contribution in [3.63, 3.8) is 0 Å². The lowest BCUT2D eigenvalue weighted by Gasteiger charge is -2.09. The summed E-state index contributed by atoms with van der Waals surface area (Å²) in [6, 6.07) is 63.6. The van der Waals surface area contributed by atoms with E-state index in [1.54, 1.807) is 0 Å². The zero-order chi connectivity index (χ0) is 39.2. The van der Waals surface area contributed by atoms with Gasteiger partial charge in [-0.15, -0.1) is 0 Å². The molecule has 0 saturated carbocycles. The summed E-state index contributed by atoms with van der Waals surface area (Å²) in [7, 11) is 0. The second kappa shape index (κ2) is 11.5. The Morgan fingerprint density at radius 1 is 0.350 bits per heavy atom. The van der Waals surface area contributed by atoms with Crippen molar-refractivity contribution in [1.29, 1.82) is 0 Å². The second-order valence-corrected chi connectivity index (χ2v) is 16.0. The van der Waals surface area contributed by atoms with Crippen LogP contribution in [-0.2, 0) is 0 Å². The first kappa shape index (κ1) is 31.9. The van der Waals surface area contributed by atoms with Crippen molar-refractivity contribution in [1.82, 2.24) is 8.97 Å². The quantitative estimate of drug-likeness (QED) is 0.168. The van der Waals surface area contributed by atoms with Crippen molar-refractivity contribution in [3.05, 3.63) is 192 Å². The molecule has 0 aliphatic heterocycles. The Kier molecular flexibility index (Phi) is 6.11. The third-order valence-electron chi connectivity index (χ3n) is 12.9. The van der Waals surface area contributed by atoms with E-state index in [-0.39, 0.29) is 5.56 Å². The number of rotatable bonds is 3. The fraction of sp³-hybridized carbons (Fsp3) is 0. The second-order valence-electron chi connectivity index (χ2n) is 16.0. The summed E-state index contributed by atoms with van der Waals surface area (Å²) in [5.41, 5.74) is 13.0. The number of para-hydroxylation sites is 3. The topological polar surface area (TPSA) is 52.7 Å². The Morgan fingerprint density at radius 2 is 1.05 bits per heavy atom. The molecule has 60 heavy (non-hydrogen) atoms. The summed E-state index contributed by atoms with van der Waals surface area (Å²) >= 11 is 0. The Hall–Kier alpha value is -8.15. The molecule has 0 atom stereocenters. The van der Waals surface area contributed by atoms with Crippen LogP contribution >= 0.6 is 0 Å². The first-order valence-corrected chi connectivity index (χ1v) is 20.3. The highest BCUT2D eigenvalue weighted by molar-refractivity contribution is 6.22. The first-order chi connectivity index (χ1) is 29.7. The minimum Gasteiger partial charge on any atom is -0.456 e. The molecule has 9 aromatic carbocycles. The Bertz CT molecular complexity index is 4200. The van der Waals surface area contributed by atoms with Crippen molar-refractivity contribution >= 4 is 104 Å². The van der Waals surface area contributed by atoms with Gasteiger partial charge < -0.3 is 13.4 Å². The van der Waals surface area contributed by atoms with E-state index in [0.29, 0.717) is 5.39 Å². The summed E-state index contributed by atoms with van der Waals surface area (Å²) < 4.78 is 17.2. The number of aromatic nitrogens is 2. The van der Waals surface area contributed by atoms with E-state index in [4.69, 9.17) is 8.83 Å². The van der Waals surface area contributed by atoms with E-state index >= 15 is 0 Å². The monoisotopic (exact) mass is 766 g/mol. The molecule has 0 amide bonds. The largest absolute Gasteiger partial charge is 0.456 e. The van der Waals surface area contributed by atoms with Gasteiger partial charge in [0.25, 0.3) is 5.56 Å². The molecule has 0 radical (unpaired) electrons. The Balaban J connectivity index is 0.989. The third kappa shape index (κ3) is 4.17. The molecular weight excluding hydrogens is 737 g/mol. The van der Waals surface area contributed by atoms with Gasteiger partial charge >= 0.3 is 0 Å². The highest BCUT2D eigenvalue weighted by Gasteiger charge is 2.21. The van der Waals surface area contributed by atoms with Crippen LogP contribution in [0.4, 0.5) is 0 Å². The summed E-state index contributed by atoms with van der Waals surface area (Å²) in [5.74, 6) is 0. The van der Waals surface area contributed by atoms with E-state index < -0.39 is 0 Å². The summed E-state index contributed by atoms with van der Waals surface area (Å²) in [5, 5.41) is 11.5. The summed E-state index contributed by atoms with van der Waals surface area (Å²) in [4.78, 5) is 14.4. The van der Waals surface area contributed by atoms with Crippen LogP contribution in [0, 0.1) is 0 Å². The zero-order valence-electron chi connectivity index (χ0n) is 31.9. The molecule has 5 nitrogen and oxygen atoms in total. The Labute approximate surface area is 340 Å². The molecule has 0 aliphatic carbocycles. The molecule has 0 N–H and O–H groups in total. The van der Waals surface area contributed by atoms with Crippen LogP contribution < -0.4 is 5.56 Å². The molecule has 0 fully saturated rings. The fourth-order valence-corrected chi connectivity index (χ4v) is 10.2. The minimum absolute atomic E-state index is 0.00160. The standard InChI is InChI=1S/C55H30N2O3/c58-55-40-23-20-32(31-10-2-1-3-11-31)26-41(40)38-15-8-16-39-42-27-33(21-24-47(42)57(55)54(38)39)35-14-9-19-51-53(35)45-28-34(22-25-50(45)59-51)56-46-17-6-4-12-36(46)43-30-52-44(29-48(43)56)37-13-5-7-18-49(37)60-52/h1-30H. The van der Waals surface area contributed by atoms with Crippen LogP contribution in [0.2, 0.25) is 0 Å². The van der Waals surface area contributed by atoms with Crippen LogP contribution in [0.1, 0.15) is 0 Å². The number of pyridine rings is 1. The van der Waals surface area contributed by atoms with Gasteiger partial charge in [-0.1, -0.05) is 109 Å². The van der Waals surface area contributed by atoms with Gasteiger partial charge in [0, 0.05) is 59.5 Å². The minimum atomic E-state index is -0.00160. The molecule has 5 aromatic heterocycles. The third-order valence-corrected chi connectivity index (χ3v) is 12.9. The molecule has 14 rings (SSSR count). The van der Waals surface area contributed by atoms with E-state index in [9.17, 15) is 4.79 Å². The van der Waals surface area contributed by atoms with Crippen LogP contribution in [0.15, 0.2) is 196 Å². The van der Waals surface area contributed by atoms with E-state index in [0.717, 1.165) is 121 Å². The SMILES string of the molecule is O=c1c2ccc(-c3ccccc3)cc2c2cccc3c4cc(-c5cccc6oc7ccc(-n8c9ccccc9c9cc%10oc%11ccccc%11c%10cc98)cc7c56)ccc4n1c23. The van der Waals surface area contributed by atoms with Gasteiger partial charge in [0.15, 0.2) is 0 Å². The van der Waals surface area contributed by atoms with Gasteiger partial charge in [-0.2, -0.15) is 0 Å². The molecule has 0 unspecified atom stereocenters. The molecule has 0 saturated heterocycles. The van der Waals surface area contributed by atoms with E-state index in [1.807, 2.05) is 40.8 Å². The molecule has 5 heteroatoms. The Morgan fingerprint density at radius 3 is 1.97 bits per heavy atom. The number of furan rings is 2. The average Bonchev–Trinajstić information content (AvgIpc) is 4.05. The number of fused-ring (bicyclic) bond motifs is 14. The molecule has 0 bridgehead atoms. The average molecular weight is 767 g/mol. The highest BCUT2D eigenvalue weighted by atomic mass is 16.3. The van der Waals surface area contributed by atoms with Crippen LogP contribution in [-0.4, -0.2) is 8.97 Å². The van der Waals surface area contributed by atoms with Crippen LogP contribution in [0.5, 0.6) is 0 Å². The molecular formula is C55H30N2O3. The summed E-state index contributed by atoms with van der Waals surface area (Å²) in [6.45, 7) is 0. The van der Waals surface area contributed by atoms with E-state index in [1.165, 1.54) is 5.39 Å². The maximum Gasteiger partial charge on any atom is 0.263 e. The molecule has 278 valence electrons. The number of hydrogen-bond acceptors (Lipinski definition) is 3. The normalized spacial score (nSPS) is 12.4. The molecule has 5 heterocycles. The van der Waals surface area contributed by atoms with Crippen molar-refractivity contribution in [3.8, 4) is 27.9 Å². The predicted octanol–water partition coefficient (Wildman–Crippen LogP) is 14.4. The predicted molar refractivity (Wildman–Crippen MR) is 247 cm³/mol. The van der Waals surface area contributed by atoms with Crippen LogP contribution in [0.3, 0.4) is 0 Å². The number of nitrogens with zero attached hydrogens (tertiary/aromatic N) is 2. The van der Waals surface area contributed by atoms with Crippen molar-refractivity contribution < 1.29 is 8.83 Å². The lowest BCUT2D eigenvalue weighted by molar-refractivity contribution is 0.669. The van der Waals surface area contributed by atoms with E-state index in [2.05, 4.69) is 150 Å². The number of hydrogen-bond donors (Lipinski definition) is 0. The van der Waals surface area contributed by atoms with Crippen molar-refractivity contribution in [2.24, 2.45) is 0 Å². The van der Waals surface area contributed by atoms with Gasteiger partial charge in [-0.25, -0.2) is 0 Å². The zero-order valence-corrected chi connectivity index (χ0v) is 31.9. The maximum atomic E-state index is 14.4.